The zero-order valence-corrected chi connectivity index (χ0v) is 20.2. The molecule has 0 aromatic heterocycles. The summed E-state index contributed by atoms with van der Waals surface area (Å²) in [6.45, 7) is 0.0989. The number of aliphatic carboxylic acids is 1. The third-order valence-corrected chi connectivity index (χ3v) is 7.99. The van der Waals surface area contributed by atoms with Crippen LogP contribution in [0.1, 0.15) is 42.7 Å². The van der Waals surface area contributed by atoms with Crippen molar-refractivity contribution in [3.05, 3.63) is 59.7 Å². The van der Waals surface area contributed by atoms with E-state index in [1.54, 1.807) is 23.7 Å². The molecule has 3 unspecified atom stereocenters. The summed E-state index contributed by atoms with van der Waals surface area (Å²) in [5.41, 5.74) is 4.40. The largest absolute Gasteiger partial charge is 0.481 e. The quantitative estimate of drug-likeness (QED) is 0.588. The van der Waals surface area contributed by atoms with Gasteiger partial charge < -0.3 is 20.1 Å². The van der Waals surface area contributed by atoms with Crippen LogP contribution in [-0.2, 0) is 14.3 Å². The van der Waals surface area contributed by atoms with Gasteiger partial charge in [-0.1, -0.05) is 48.5 Å². The number of carbonyl (C=O) groups is 3. The molecular weight excluding hydrogens is 452 g/mol. The molecule has 7 nitrogen and oxygen atoms in total. The molecule has 2 N–H and O–H groups in total. The number of benzene rings is 2. The van der Waals surface area contributed by atoms with Gasteiger partial charge in [-0.2, -0.15) is 11.8 Å². The van der Waals surface area contributed by atoms with Gasteiger partial charge >= 0.3 is 12.1 Å². The molecule has 0 bridgehead atoms. The van der Waals surface area contributed by atoms with Crippen molar-refractivity contribution in [1.82, 2.24) is 10.2 Å². The van der Waals surface area contributed by atoms with Gasteiger partial charge in [-0.05, 0) is 47.8 Å². The van der Waals surface area contributed by atoms with E-state index in [9.17, 15) is 19.5 Å². The third-order valence-electron chi connectivity index (χ3n) is 6.90. The normalized spacial score (nSPS) is 19.7. The molecule has 8 heteroatoms. The van der Waals surface area contributed by atoms with Gasteiger partial charge in [0.2, 0.25) is 5.91 Å². The van der Waals surface area contributed by atoms with Crippen LogP contribution in [0, 0.1) is 0 Å². The number of thioether (sulfide) groups is 1. The summed E-state index contributed by atoms with van der Waals surface area (Å²) < 4.78 is 5.52. The van der Waals surface area contributed by atoms with Crippen LogP contribution in [0.15, 0.2) is 48.5 Å². The maximum atomic E-state index is 13.1. The predicted molar refractivity (Wildman–Crippen MR) is 132 cm³/mol. The number of carboxylic acid groups (broad SMARTS) is 1. The van der Waals surface area contributed by atoms with Gasteiger partial charge in [-0.3, -0.25) is 9.59 Å². The van der Waals surface area contributed by atoms with Crippen molar-refractivity contribution in [3.63, 3.8) is 0 Å². The summed E-state index contributed by atoms with van der Waals surface area (Å²) >= 11 is 1.78. The Morgan fingerprint density at radius 1 is 1.09 bits per heavy atom. The minimum Gasteiger partial charge on any atom is -0.481 e. The minimum absolute atomic E-state index is 0.0468. The third kappa shape index (κ3) is 5.06. The van der Waals surface area contributed by atoms with Crippen LogP contribution in [0.3, 0.4) is 0 Å². The van der Waals surface area contributed by atoms with Gasteiger partial charge in [0.05, 0.1) is 6.42 Å². The lowest BCUT2D eigenvalue weighted by atomic mass is 9.98. The number of ether oxygens (including phenoxy) is 1. The number of fused-ring (bicyclic) bond motifs is 3. The van der Waals surface area contributed by atoms with Gasteiger partial charge in [0.25, 0.3) is 0 Å². The molecule has 0 spiro atoms. The Labute approximate surface area is 203 Å². The Hall–Kier alpha value is -3.00. The molecule has 2 aliphatic carbocycles. The molecule has 1 fully saturated rings. The van der Waals surface area contributed by atoms with Crippen molar-refractivity contribution < 1.29 is 24.2 Å². The van der Waals surface area contributed by atoms with Crippen LogP contribution in [0.5, 0.6) is 0 Å². The summed E-state index contributed by atoms with van der Waals surface area (Å²) in [5.74, 6) is -1.67. The van der Waals surface area contributed by atoms with E-state index in [4.69, 9.17) is 4.74 Å². The van der Waals surface area contributed by atoms with Gasteiger partial charge in [-0.15, -0.1) is 0 Å². The van der Waals surface area contributed by atoms with Crippen LogP contribution in [0.4, 0.5) is 4.79 Å². The first kappa shape index (κ1) is 24.1. The molecule has 2 aromatic rings. The van der Waals surface area contributed by atoms with Crippen molar-refractivity contribution in [3.8, 4) is 11.1 Å². The fraction of sp³-hybridized carbons (Fsp3) is 0.423. The highest BCUT2D eigenvalue weighted by molar-refractivity contribution is 7.99. The maximum Gasteiger partial charge on any atom is 0.407 e. The second-order valence-corrected chi connectivity index (χ2v) is 10.0. The minimum atomic E-state index is -1.17. The van der Waals surface area contributed by atoms with E-state index in [2.05, 4.69) is 23.7 Å². The zero-order chi connectivity index (χ0) is 24.2. The molecule has 2 aliphatic rings. The first-order valence-corrected chi connectivity index (χ1v) is 12.8. The number of hydrogen-bond donors (Lipinski definition) is 2. The lowest BCUT2D eigenvalue weighted by molar-refractivity contribution is -0.142. The number of amides is 2. The number of likely N-dealkylation sites (N-methyl/N-ethyl adjacent to an activating group) is 1. The standard InChI is InChI=1S/C26H30N2O5S/c1-28(16-11-12-17(13-16)34-2)25(31)23(14-24(29)30)27-26(32)33-15-22-20-9-5-3-7-18(20)19-8-4-6-10-21(19)22/h3-10,16-17,22-23H,11-15H2,1-2H3,(H,27,32)(H,29,30). The Balaban J connectivity index is 1.41. The van der Waals surface area contributed by atoms with Crippen LogP contribution in [0.2, 0.25) is 0 Å². The van der Waals surface area contributed by atoms with Crippen LogP contribution < -0.4 is 5.32 Å². The SMILES string of the molecule is CSC1CCC(N(C)C(=O)C(CC(=O)O)NC(=O)OCC2c3ccccc3-c3ccccc32)C1. The Kier molecular flexibility index (Phi) is 7.46. The number of carbonyl (C=O) groups excluding carboxylic acids is 2. The molecule has 3 atom stereocenters. The highest BCUT2D eigenvalue weighted by Gasteiger charge is 2.35. The molecule has 0 saturated heterocycles. The van der Waals surface area contributed by atoms with E-state index >= 15 is 0 Å². The number of nitrogens with one attached hydrogen (secondary N) is 1. The monoisotopic (exact) mass is 482 g/mol. The molecule has 34 heavy (non-hydrogen) atoms. The van der Waals surface area contributed by atoms with E-state index < -0.39 is 30.4 Å². The first-order chi connectivity index (χ1) is 16.4. The van der Waals surface area contributed by atoms with Gasteiger partial charge in [0.15, 0.2) is 0 Å². The van der Waals surface area contributed by atoms with Crippen molar-refractivity contribution in [1.29, 1.82) is 0 Å². The second-order valence-electron chi connectivity index (χ2n) is 8.89. The Morgan fingerprint density at radius 3 is 2.26 bits per heavy atom. The van der Waals surface area contributed by atoms with Gasteiger partial charge in [-0.25, -0.2) is 4.79 Å². The summed E-state index contributed by atoms with van der Waals surface area (Å²) in [6, 6.07) is 14.9. The first-order valence-electron chi connectivity index (χ1n) is 11.5. The van der Waals surface area contributed by atoms with E-state index in [0.29, 0.717) is 5.25 Å². The molecule has 180 valence electrons. The smallest absolute Gasteiger partial charge is 0.407 e. The molecule has 0 aliphatic heterocycles. The van der Waals surface area contributed by atoms with Gasteiger partial charge in [0.1, 0.15) is 12.6 Å². The number of carboxylic acids is 1. The zero-order valence-electron chi connectivity index (χ0n) is 19.4. The van der Waals surface area contributed by atoms with Crippen molar-refractivity contribution in [2.75, 3.05) is 19.9 Å². The second kappa shape index (κ2) is 10.5. The number of nitrogens with zero attached hydrogens (tertiary/aromatic N) is 1. The molecule has 0 radical (unpaired) electrons. The fourth-order valence-electron chi connectivity index (χ4n) is 5.07. The summed E-state index contributed by atoms with van der Waals surface area (Å²) in [5, 5.41) is 12.3. The molecule has 2 amide bonds. The summed E-state index contributed by atoms with van der Waals surface area (Å²) in [4.78, 5) is 38.7. The van der Waals surface area contributed by atoms with E-state index in [-0.39, 0.29) is 18.6 Å². The average Bonchev–Trinajstić information content (AvgIpc) is 3.44. The van der Waals surface area contributed by atoms with E-state index in [1.165, 1.54) is 0 Å². The van der Waals surface area contributed by atoms with E-state index in [0.717, 1.165) is 41.5 Å². The molecule has 0 heterocycles. The van der Waals surface area contributed by atoms with Crippen molar-refractivity contribution in [2.24, 2.45) is 0 Å². The molecule has 1 saturated carbocycles. The Bertz CT molecular complexity index is 1030. The lowest BCUT2D eigenvalue weighted by Crippen LogP contribution is -2.51. The fourth-order valence-corrected chi connectivity index (χ4v) is 5.85. The van der Waals surface area contributed by atoms with Gasteiger partial charge in [0, 0.05) is 24.3 Å². The molecular formula is C26H30N2O5S. The Morgan fingerprint density at radius 2 is 1.71 bits per heavy atom. The number of hydrogen-bond acceptors (Lipinski definition) is 5. The lowest BCUT2D eigenvalue weighted by Gasteiger charge is -2.28. The van der Waals surface area contributed by atoms with Crippen molar-refractivity contribution >= 4 is 29.7 Å². The highest BCUT2D eigenvalue weighted by atomic mass is 32.2. The predicted octanol–water partition coefficient (Wildman–Crippen LogP) is 4.11. The van der Waals surface area contributed by atoms with Crippen LogP contribution >= 0.6 is 11.8 Å². The molecule has 2 aromatic carbocycles. The van der Waals surface area contributed by atoms with E-state index in [1.807, 2.05) is 36.4 Å². The summed E-state index contributed by atoms with van der Waals surface area (Å²) in [6.07, 6.45) is 3.54. The van der Waals surface area contributed by atoms with Crippen LogP contribution in [0.25, 0.3) is 11.1 Å². The summed E-state index contributed by atoms with van der Waals surface area (Å²) in [7, 11) is 1.68. The maximum absolute atomic E-state index is 13.1. The number of rotatable bonds is 8. The average molecular weight is 483 g/mol. The number of alkyl carbamates (subject to hydrolysis) is 1. The highest BCUT2D eigenvalue weighted by Crippen LogP contribution is 2.44. The topological polar surface area (TPSA) is 95.9 Å². The molecule has 4 rings (SSSR count). The van der Waals surface area contributed by atoms with Crippen molar-refractivity contribution in [2.45, 2.75) is 48.9 Å². The van der Waals surface area contributed by atoms with Crippen LogP contribution in [-0.4, -0.2) is 65.2 Å².